The normalized spacial score (nSPS) is 11.0. The van der Waals surface area contributed by atoms with Crippen LogP contribution < -0.4 is 14.8 Å². The second-order valence-electron chi connectivity index (χ2n) is 6.16. The molecule has 0 saturated carbocycles. The van der Waals surface area contributed by atoms with Crippen LogP contribution in [0.25, 0.3) is 6.08 Å². The van der Waals surface area contributed by atoms with Crippen molar-refractivity contribution in [3.63, 3.8) is 0 Å². The van der Waals surface area contributed by atoms with Crippen molar-refractivity contribution < 1.29 is 19.0 Å². The fourth-order valence-corrected chi connectivity index (χ4v) is 3.75. The van der Waals surface area contributed by atoms with Crippen LogP contribution in [0.4, 0.5) is 5.13 Å². The maximum absolute atomic E-state index is 12.1. The highest BCUT2D eigenvalue weighted by Crippen LogP contribution is 2.31. The van der Waals surface area contributed by atoms with Crippen molar-refractivity contribution >= 4 is 51.7 Å². The molecule has 0 spiro atoms. The van der Waals surface area contributed by atoms with Crippen molar-refractivity contribution in [3.05, 3.63) is 68.7 Å². The van der Waals surface area contributed by atoms with Gasteiger partial charge in [0.05, 0.1) is 7.11 Å². The van der Waals surface area contributed by atoms with Gasteiger partial charge >= 0.3 is 0 Å². The van der Waals surface area contributed by atoms with Crippen LogP contribution in [0.3, 0.4) is 0 Å². The molecule has 0 aliphatic heterocycles. The summed E-state index contributed by atoms with van der Waals surface area (Å²) in [7, 11) is 3.11. The minimum atomic E-state index is -0.326. The maximum Gasteiger partial charge on any atom is 0.250 e. The number of hydrogen-bond acceptors (Lipinski definition) is 7. The molecule has 31 heavy (non-hydrogen) atoms. The molecule has 1 aromatic heterocycles. The lowest BCUT2D eigenvalue weighted by Gasteiger charge is -2.13. The van der Waals surface area contributed by atoms with Gasteiger partial charge in [-0.3, -0.25) is 10.1 Å². The van der Waals surface area contributed by atoms with Gasteiger partial charge in [0, 0.05) is 28.8 Å². The van der Waals surface area contributed by atoms with Crippen LogP contribution in [0.1, 0.15) is 16.1 Å². The van der Waals surface area contributed by atoms with E-state index in [9.17, 15) is 4.79 Å². The van der Waals surface area contributed by atoms with Gasteiger partial charge in [-0.15, -0.1) is 10.2 Å². The Balaban J connectivity index is 1.64. The van der Waals surface area contributed by atoms with Gasteiger partial charge in [-0.1, -0.05) is 46.7 Å². The van der Waals surface area contributed by atoms with Crippen LogP contribution in [0.5, 0.6) is 11.5 Å². The number of halogens is 2. The third-order valence-corrected chi connectivity index (χ3v) is 5.53. The van der Waals surface area contributed by atoms with Crippen molar-refractivity contribution in [2.45, 2.75) is 13.2 Å². The highest BCUT2D eigenvalue weighted by molar-refractivity contribution is 7.15. The van der Waals surface area contributed by atoms with Gasteiger partial charge in [-0.05, 0) is 35.9 Å². The predicted molar refractivity (Wildman–Crippen MR) is 122 cm³/mol. The zero-order chi connectivity index (χ0) is 22.2. The minimum Gasteiger partial charge on any atom is -0.493 e. The Bertz CT molecular complexity index is 1070. The molecule has 162 valence electrons. The molecule has 0 radical (unpaired) electrons. The second kappa shape index (κ2) is 11.1. The largest absolute Gasteiger partial charge is 0.493 e. The van der Waals surface area contributed by atoms with Crippen LogP contribution in [-0.4, -0.2) is 30.3 Å². The number of nitrogens with zero attached hydrogens (tertiary/aromatic N) is 2. The number of nitrogens with one attached hydrogen (secondary N) is 1. The molecule has 1 amide bonds. The first-order valence-electron chi connectivity index (χ1n) is 9.04. The van der Waals surface area contributed by atoms with Gasteiger partial charge in [0.15, 0.2) is 11.5 Å². The monoisotopic (exact) mass is 479 g/mol. The van der Waals surface area contributed by atoms with E-state index >= 15 is 0 Å². The fourth-order valence-electron chi connectivity index (χ4n) is 2.53. The van der Waals surface area contributed by atoms with E-state index in [4.69, 9.17) is 37.4 Å². The molecule has 0 saturated heterocycles. The molecule has 2 aromatic carbocycles. The molecule has 3 rings (SSSR count). The van der Waals surface area contributed by atoms with Crippen LogP contribution in [0, 0.1) is 0 Å². The first kappa shape index (κ1) is 23.0. The highest BCUT2D eigenvalue weighted by Gasteiger charge is 2.10. The smallest absolute Gasteiger partial charge is 0.250 e. The molecule has 0 fully saturated rings. The summed E-state index contributed by atoms with van der Waals surface area (Å²) in [6, 6.07) is 10.6. The van der Waals surface area contributed by atoms with Crippen LogP contribution in [0.2, 0.25) is 10.0 Å². The molecular formula is C21H19Cl2N3O4S. The Morgan fingerprint density at radius 3 is 2.58 bits per heavy atom. The van der Waals surface area contributed by atoms with Crippen molar-refractivity contribution in [2.75, 3.05) is 19.5 Å². The number of ether oxygens (including phenoxy) is 3. The number of hydrogen-bond donors (Lipinski definition) is 1. The Hall–Kier alpha value is -2.65. The van der Waals surface area contributed by atoms with Gasteiger partial charge in [0.1, 0.15) is 18.2 Å². The molecule has 0 aliphatic carbocycles. The number of anilines is 1. The van der Waals surface area contributed by atoms with E-state index in [-0.39, 0.29) is 12.5 Å². The van der Waals surface area contributed by atoms with Gasteiger partial charge < -0.3 is 14.2 Å². The lowest BCUT2D eigenvalue weighted by molar-refractivity contribution is -0.111. The molecule has 0 atom stereocenters. The number of rotatable bonds is 9. The summed E-state index contributed by atoms with van der Waals surface area (Å²) in [6.45, 7) is 0.541. The summed E-state index contributed by atoms with van der Waals surface area (Å²) in [5, 5.41) is 12.6. The topological polar surface area (TPSA) is 82.6 Å². The van der Waals surface area contributed by atoms with Crippen LogP contribution in [-0.2, 0) is 22.7 Å². The molecule has 10 heteroatoms. The number of amides is 1. The molecule has 1 N–H and O–H groups in total. The van der Waals surface area contributed by atoms with E-state index in [0.29, 0.717) is 43.9 Å². The zero-order valence-corrected chi connectivity index (χ0v) is 19.1. The molecule has 0 unspecified atom stereocenters. The maximum atomic E-state index is 12.1. The first-order chi connectivity index (χ1) is 15.0. The predicted octanol–water partition coefficient (Wildman–Crippen LogP) is 5.23. The van der Waals surface area contributed by atoms with Crippen LogP contribution >= 0.6 is 34.5 Å². The number of aromatic nitrogens is 2. The number of carbonyl (C=O) groups is 1. The van der Waals surface area contributed by atoms with Gasteiger partial charge in [0.25, 0.3) is 0 Å². The standard InChI is InChI=1S/C21H19Cl2N3O4S/c1-28-12-20-25-26-21(31-20)24-19(27)9-7-13-6-8-17(18(10-13)29-2)30-11-14-15(22)4-3-5-16(14)23/h3-10H,11-12H2,1-2H3,(H,24,26,27)/b9-7+. The lowest BCUT2D eigenvalue weighted by Crippen LogP contribution is -2.07. The van der Waals surface area contributed by atoms with E-state index < -0.39 is 0 Å². The fraction of sp³-hybridized carbons (Fsp3) is 0.190. The van der Waals surface area contributed by atoms with Gasteiger partial charge in [-0.25, -0.2) is 0 Å². The van der Waals surface area contributed by atoms with Crippen molar-refractivity contribution in [2.24, 2.45) is 0 Å². The third-order valence-electron chi connectivity index (χ3n) is 4.01. The van der Waals surface area contributed by atoms with Crippen LogP contribution in [0.15, 0.2) is 42.5 Å². The summed E-state index contributed by atoms with van der Waals surface area (Å²) >= 11 is 13.6. The Labute approximate surface area is 193 Å². The van der Waals surface area contributed by atoms with Crippen molar-refractivity contribution in [3.8, 4) is 11.5 Å². The molecule has 0 bridgehead atoms. The van der Waals surface area contributed by atoms with E-state index in [0.717, 1.165) is 5.56 Å². The number of benzene rings is 2. The van der Waals surface area contributed by atoms with E-state index in [1.165, 1.54) is 24.5 Å². The lowest BCUT2D eigenvalue weighted by atomic mass is 10.2. The van der Waals surface area contributed by atoms with E-state index in [1.807, 2.05) is 0 Å². The quantitative estimate of drug-likeness (QED) is 0.423. The van der Waals surface area contributed by atoms with E-state index in [1.54, 1.807) is 49.6 Å². The summed E-state index contributed by atoms with van der Waals surface area (Å²) in [5.74, 6) is 0.714. The SMILES string of the molecule is COCc1nnc(NC(=O)/C=C/c2ccc(OCc3c(Cl)cccc3Cl)c(OC)c2)s1. The first-order valence-corrected chi connectivity index (χ1v) is 10.6. The summed E-state index contributed by atoms with van der Waals surface area (Å²) < 4.78 is 16.2. The molecule has 3 aromatic rings. The third kappa shape index (κ3) is 6.41. The summed E-state index contributed by atoms with van der Waals surface area (Å²) in [5.41, 5.74) is 1.45. The van der Waals surface area contributed by atoms with Gasteiger partial charge in [-0.2, -0.15) is 0 Å². The molecule has 7 nitrogen and oxygen atoms in total. The Kier molecular flexibility index (Phi) is 8.25. The summed E-state index contributed by atoms with van der Waals surface area (Å²) in [4.78, 5) is 12.1. The van der Waals surface area contributed by atoms with Gasteiger partial charge in [0.2, 0.25) is 11.0 Å². The average molecular weight is 480 g/mol. The Morgan fingerprint density at radius 1 is 1.10 bits per heavy atom. The van der Waals surface area contributed by atoms with Crippen molar-refractivity contribution in [1.29, 1.82) is 0 Å². The number of methoxy groups -OCH3 is 2. The van der Waals surface area contributed by atoms with E-state index in [2.05, 4.69) is 15.5 Å². The summed E-state index contributed by atoms with van der Waals surface area (Å²) in [6.07, 6.45) is 3.06. The molecule has 1 heterocycles. The minimum absolute atomic E-state index is 0.194. The molecular weight excluding hydrogens is 461 g/mol. The molecule has 0 aliphatic rings. The average Bonchev–Trinajstić information content (AvgIpc) is 3.19. The second-order valence-corrected chi connectivity index (χ2v) is 8.03. The number of carbonyl (C=O) groups excluding carboxylic acids is 1. The van der Waals surface area contributed by atoms with Crippen molar-refractivity contribution in [1.82, 2.24) is 10.2 Å². The highest BCUT2D eigenvalue weighted by atomic mass is 35.5. The zero-order valence-electron chi connectivity index (χ0n) is 16.7. The Morgan fingerprint density at radius 2 is 1.87 bits per heavy atom.